The summed E-state index contributed by atoms with van der Waals surface area (Å²) in [5.74, 6) is 0.258. The number of likely N-dealkylation sites (N-methyl/N-ethyl adjacent to an activating group) is 1. The molecule has 1 aromatic heterocycles. The summed E-state index contributed by atoms with van der Waals surface area (Å²) in [4.78, 5) is 33.4. The molecule has 0 fully saturated rings. The number of carbonyl (C=O) groups excluding carboxylic acids is 2. The Labute approximate surface area is 209 Å². The van der Waals surface area contributed by atoms with E-state index in [9.17, 15) is 9.59 Å². The fourth-order valence-electron chi connectivity index (χ4n) is 3.69. The molecule has 0 spiro atoms. The van der Waals surface area contributed by atoms with Crippen molar-refractivity contribution in [3.05, 3.63) is 52.8 Å². The van der Waals surface area contributed by atoms with Crippen LogP contribution in [-0.4, -0.2) is 62.1 Å². The van der Waals surface area contributed by atoms with Gasteiger partial charge in [-0.2, -0.15) is 0 Å². The van der Waals surface area contributed by atoms with Crippen LogP contribution in [0.1, 0.15) is 22.5 Å². The number of halogens is 1. The van der Waals surface area contributed by atoms with Crippen LogP contribution in [-0.2, 0) is 11.2 Å². The van der Waals surface area contributed by atoms with Crippen molar-refractivity contribution < 1.29 is 19.2 Å². The van der Waals surface area contributed by atoms with Crippen LogP contribution < -0.4 is 31.7 Å². The monoisotopic (exact) mass is 500 g/mol. The number of nitrogens with two attached hydrogens (primary N) is 2. The molecule has 3 aromatic rings. The van der Waals surface area contributed by atoms with Crippen molar-refractivity contribution in [2.75, 3.05) is 51.8 Å². The van der Waals surface area contributed by atoms with Crippen molar-refractivity contribution >= 4 is 45.8 Å². The van der Waals surface area contributed by atoms with E-state index in [4.69, 9.17) is 27.8 Å². The Morgan fingerprint density at radius 1 is 1.00 bits per heavy atom. The number of carbonyl (C=O) groups is 2. The molecule has 0 aliphatic heterocycles. The maximum atomic E-state index is 12.4. The van der Waals surface area contributed by atoms with E-state index in [1.54, 1.807) is 7.11 Å². The van der Waals surface area contributed by atoms with Gasteiger partial charge in [0, 0.05) is 11.8 Å². The Bertz CT molecular complexity index is 1210. The highest BCUT2D eigenvalue weighted by atomic mass is 35.5. The maximum Gasteiger partial charge on any atom is 0.273 e. The molecule has 1 unspecified atom stereocenters. The zero-order valence-corrected chi connectivity index (χ0v) is 20.6. The molecule has 35 heavy (non-hydrogen) atoms. The van der Waals surface area contributed by atoms with Gasteiger partial charge in [0.1, 0.15) is 5.75 Å². The summed E-state index contributed by atoms with van der Waals surface area (Å²) >= 11 is 5.81. The summed E-state index contributed by atoms with van der Waals surface area (Å²) in [5.41, 5.74) is 12.3. The predicted molar refractivity (Wildman–Crippen MR) is 137 cm³/mol. The lowest BCUT2D eigenvalue weighted by molar-refractivity contribution is -0.876. The second kappa shape index (κ2) is 12.2. The smallest absolute Gasteiger partial charge is 0.273 e. The first-order chi connectivity index (χ1) is 16.8. The summed E-state index contributed by atoms with van der Waals surface area (Å²) in [6.45, 7) is 2.29. The Morgan fingerprint density at radius 2 is 1.69 bits per heavy atom. The van der Waals surface area contributed by atoms with Crippen LogP contribution in [0, 0.1) is 0 Å². The predicted octanol–water partition coefficient (Wildman–Crippen LogP) is 0.450. The van der Waals surface area contributed by atoms with Gasteiger partial charge in [-0.3, -0.25) is 9.59 Å². The molecule has 2 aromatic carbocycles. The number of aryl methyl sites for hydroxylation is 1. The molecule has 10 nitrogen and oxygen atoms in total. The van der Waals surface area contributed by atoms with Gasteiger partial charge >= 0.3 is 0 Å². The molecular weight excluding hydrogens is 470 g/mol. The molecule has 0 aliphatic rings. The Morgan fingerprint density at radius 3 is 2.40 bits per heavy atom. The van der Waals surface area contributed by atoms with Gasteiger partial charge in [0.05, 0.1) is 40.3 Å². The van der Waals surface area contributed by atoms with Gasteiger partial charge in [-0.15, -0.1) is 0 Å². The van der Waals surface area contributed by atoms with Gasteiger partial charge in [0.15, 0.2) is 22.5 Å². The first-order valence-corrected chi connectivity index (χ1v) is 11.7. The van der Waals surface area contributed by atoms with E-state index >= 15 is 0 Å². The molecular formula is C24H31ClN7O3+. The number of aromatic nitrogens is 2. The minimum Gasteiger partial charge on any atom is -0.496 e. The van der Waals surface area contributed by atoms with Gasteiger partial charge in [-0.1, -0.05) is 41.9 Å². The number of ether oxygens (including phenoxy) is 1. The number of amides is 2. The van der Waals surface area contributed by atoms with Crippen LogP contribution >= 0.6 is 11.6 Å². The number of quaternary nitrogens is 1. The first kappa shape index (κ1) is 26.0. The van der Waals surface area contributed by atoms with E-state index in [0.717, 1.165) is 27.0 Å². The van der Waals surface area contributed by atoms with Gasteiger partial charge < -0.3 is 31.7 Å². The van der Waals surface area contributed by atoms with Gasteiger partial charge in [0.25, 0.3) is 5.91 Å². The third kappa shape index (κ3) is 6.93. The lowest BCUT2D eigenvalue weighted by Crippen LogP contribution is -3.10. The van der Waals surface area contributed by atoms with Crippen LogP contribution in [0.15, 0.2) is 36.4 Å². The number of nitrogen functional groups attached to an aromatic ring is 2. The molecule has 0 aliphatic carbocycles. The molecule has 0 bridgehead atoms. The summed E-state index contributed by atoms with van der Waals surface area (Å²) < 4.78 is 5.44. The molecule has 0 radical (unpaired) electrons. The summed E-state index contributed by atoms with van der Waals surface area (Å²) in [5, 5.41) is 7.78. The molecule has 11 heteroatoms. The highest BCUT2D eigenvalue weighted by Gasteiger charge is 2.16. The van der Waals surface area contributed by atoms with E-state index in [1.165, 1.54) is 0 Å². The van der Waals surface area contributed by atoms with Crippen LogP contribution in [0.2, 0.25) is 5.15 Å². The normalized spacial score (nSPS) is 11.7. The van der Waals surface area contributed by atoms with E-state index in [1.807, 2.05) is 43.4 Å². The number of methoxy groups -OCH3 is 1. The van der Waals surface area contributed by atoms with Crippen LogP contribution in [0.3, 0.4) is 0 Å². The highest BCUT2D eigenvalue weighted by molar-refractivity contribution is 6.31. The molecule has 7 N–H and O–H groups in total. The number of hydrogen-bond acceptors (Lipinski definition) is 7. The largest absolute Gasteiger partial charge is 0.496 e. The number of anilines is 2. The quantitative estimate of drug-likeness (QED) is 0.256. The fourth-order valence-corrected chi connectivity index (χ4v) is 3.82. The third-order valence-electron chi connectivity index (χ3n) is 5.65. The average molecular weight is 501 g/mol. The van der Waals surface area contributed by atoms with E-state index in [2.05, 4.69) is 20.6 Å². The average Bonchev–Trinajstić information content (AvgIpc) is 2.84. The molecule has 1 heterocycles. The van der Waals surface area contributed by atoms with Gasteiger partial charge in [-0.25, -0.2) is 9.97 Å². The minimum atomic E-state index is -0.468. The minimum absolute atomic E-state index is 0.000260. The zero-order chi connectivity index (χ0) is 25.4. The maximum absolute atomic E-state index is 12.4. The summed E-state index contributed by atoms with van der Waals surface area (Å²) in [7, 11) is 3.64. The Hall–Kier alpha value is -3.63. The first-order valence-electron chi connectivity index (χ1n) is 11.3. The number of rotatable bonds is 11. The Kier molecular flexibility index (Phi) is 9.04. The molecule has 0 saturated heterocycles. The van der Waals surface area contributed by atoms with E-state index in [-0.39, 0.29) is 28.4 Å². The fraction of sp³-hybridized carbons (Fsp3) is 0.333. The molecule has 1 atom stereocenters. The third-order valence-corrected chi connectivity index (χ3v) is 5.93. The standard InChI is InChI=1S/C24H30ClN7O3/c1-32(14-12-29-24(34)20-22(26)31-23(27)21(25)30-20)13-11-28-19(33)10-8-15-7-9-18(35-2)17-6-4-3-5-16(15)17/h3-7,9H,8,10-14H2,1-2H3,(H,28,33)(H,29,34)(H4,26,27,31)/p+1. The Balaban J connectivity index is 1.37. The van der Waals surface area contributed by atoms with Crippen molar-refractivity contribution in [2.24, 2.45) is 0 Å². The van der Waals surface area contributed by atoms with Crippen molar-refractivity contribution in [1.82, 2.24) is 20.6 Å². The summed E-state index contributed by atoms with van der Waals surface area (Å²) in [6.07, 6.45) is 1.05. The van der Waals surface area contributed by atoms with Gasteiger partial charge in [-0.05, 0) is 23.4 Å². The number of benzene rings is 2. The number of nitrogens with one attached hydrogen (secondary N) is 3. The van der Waals surface area contributed by atoms with Crippen molar-refractivity contribution in [3.63, 3.8) is 0 Å². The van der Waals surface area contributed by atoms with Crippen molar-refractivity contribution in [2.45, 2.75) is 12.8 Å². The number of fused-ring (bicyclic) bond motifs is 1. The zero-order valence-electron chi connectivity index (χ0n) is 19.9. The highest BCUT2D eigenvalue weighted by Crippen LogP contribution is 2.28. The SMILES string of the molecule is COc1ccc(CCC(=O)NCC[NH+](C)CCNC(=O)c2nc(Cl)c(N)nc2N)c2ccccc12. The van der Waals surface area contributed by atoms with Crippen molar-refractivity contribution in [1.29, 1.82) is 0 Å². The van der Waals surface area contributed by atoms with E-state index in [0.29, 0.717) is 39.0 Å². The summed E-state index contributed by atoms with van der Waals surface area (Å²) in [6, 6.07) is 12.0. The van der Waals surface area contributed by atoms with Crippen LogP contribution in [0.4, 0.5) is 11.6 Å². The molecule has 0 saturated carbocycles. The lowest BCUT2D eigenvalue weighted by Gasteiger charge is -2.15. The number of hydrogen-bond donors (Lipinski definition) is 5. The van der Waals surface area contributed by atoms with E-state index < -0.39 is 5.91 Å². The van der Waals surface area contributed by atoms with Crippen LogP contribution in [0.5, 0.6) is 5.75 Å². The topological polar surface area (TPSA) is 150 Å². The van der Waals surface area contributed by atoms with Crippen molar-refractivity contribution in [3.8, 4) is 5.75 Å². The lowest BCUT2D eigenvalue weighted by atomic mass is 10.00. The second-order valence-electron chi connectivity index (χ2n) is 8.17. The molecule has 2 amide bonds. The number of nitrogens with zero attached hydrogens (tertiary/aromatic N) is 2. The van der Waals surface area contributed by atoms with Gasteiger partial charge in [0.2, 0.25) is 5.91 Å². The molecule has 186 valence electrons. The van der Waals surface area contributed by atoms with Crippen LogP contribution in [0.25, 0.3) is 10.8 Å². The molecule has 3 rings (SSSR count). The second-order valence-corrected chi connectivity index (χ2v) is 8.53.